The lowest BCUT2D eigenvalue weighted by molar-refractivity contribution is 0.811. The Kier molecular flexibility index (Phi) is 8.26. The van der Waals surface area contributed by atoms with Crippen LogP contribution in [0.2, 0.25) is 0 Å². The molecule has 0 nitrogen and oxygen atoms in total. The smallest absolute Gasteiger partial charge is 0.0140 e. The van der Waals surface area contributed by atoms with Crippen molar-refractivity contribution < 1.29 is 0 Å². The zero-order valence-electron chi connectivity index (χ0n) is 8.02. The summed E-state index contributed by atoms with van der Waals surface area (Å²) in [7, 11) is 0. The van der Waals surface area contributed by atoms with Gasteiger partial charge in [-0.2, -0.15) is 11.8 Å². The van der Waals surface area contributed by atoms with Crippen LogP contribution in [0.4, 0.5) is 0 Å². The molecule has 0 amide bonds. The van der Waals surface area contributed by atoms with Crippen molar-refractivity contribution in [1.82, 2.24) is 0 Å². The Labute approximate surface area is 75.5 Å². The van der Waals surface area contributed by atoms with Gasteiger partial charge in [0, 0.05) is 5.75 Å². The molecule has 0 N–H and O–H groups in total. The van der Waals surface area contributed by atoms with E-state index in [-0.39, 0.29) is 0 Å². The lowest BCUT2D eigenvalue weighted by Gasteiger charge is -1.98. The Morgan fingerprint density at radius 1 is 1.36 bits per heavy atom. The van der Waals surface area contributed by atoms with E-state index in [0.29, 0.717) is 0 Å². The summed E-state index contributed by atoms with van der Waals surface area (Å²) in [6.07, 6.45) is 6.30. The van der Waals surface area contributed by atoms with E-state index in [1.165, 1.54) is 30.8 Å². The van der Waals surface area contributed by atoms with Gasteiger partial charge in [0.15, 0.2) is 0 Å². The standard InChI is InChI=1S/C10H20S/c1-4-6-7-8-10(3)9-11-5-2/h8H,4-7,9H2,1-3H3. The molecule has 0 saturated heterocycles. The second-order valence-electron chi connectivity index (χ2n) is 2.83. The number of unbranched alkanes of at least 4 members (excludes halogenated alkanes) is 2. The molecular weight excluding hydrogens is 152 g/mol. The zero-order chi connectivity index (χ0) is 8.53. The SMILES string of the molecule is CCCCC=C(C)CSCC. The molecule has 1 heteroatoms. The quantitative estimate of drug-likeness (QED) is 0.433. The molecule has 0 saturated carbocycles. The Morgan fingerprint density at radius 3 is 2.64 bits per heavy atom. The highest BCUT2D eigenvalue weighted by Crippen LogP contribution is 2.08. The maximum Gasteiger partial charge on any atom is 0.0140 e. The number of thioether (sulfide) groups is 1. The van der Waals surface area contributed by atoms with Crippen molar-refractivity contribution in [2.24, 2.45) is 0 Å². The molecule has 11 heavy (non-hydrogen) atoms. The number of allylic oxidation sites excluding steroid dienone is 1. The van der Waals surface area contributed by atoms with Crippen LogP contribution >= 0.6 is 11.8 Å². The molecule has 0 aliphatic carbocycles. The van der Waals surface area contributed by atoms with Crippen LogP contribution in [0.5, 0.6) is 0 Å². The third kappa shape index (κ3) is 7.99. The van der Waals surface area contributed by atoms with E-state index in [9.17, 15) is 0 Å². The van der Waals surface area contributed by atoms with Gasteiger partial charge in [-0.05, 0) is 19.1 Å². The van der Waals surface area contributed by atoms with Crippen LogP contribution in [0.1, 0.15) is 40.0 Å². The fourth-order valence-corrected chi connectivity index (χ4v) is 1.52. The molecule has 0 fully saturated rings. The lowest BCUT2D eigenvalue weighted by Crippen LogP contribution is -1.82. The van der Waals surface area contributed by atoms with Crippen LogP contribution in [0, 0.1) is 0 Å². The molecular formula is C10H20S. The number of hydrogen-bond donors (Lipinski definition) is 0. The van der Waals surface area contributed by atoms with Crippen LogP contribution in [0.25, 0.3) is 0 Å². The molecule has 0 aliphatic rings. The summed E-state index contributed by atoms with van der Waals surface area (Å²) < 4.78 is 0. The third-order valence-electron chi connectivity index (χ3n) is 1.58. The molecule has 66 valence electrons. The average Bonchev–Trinajstić information content (AvgIpc) is 2.01. The molecule has 0 unspecified atom stereocenters. The van der Waals surface area contributed by atoms with Gasteiger partial charge in [-0.3, -0.25) is 0 Å². The van der Waals surface area contributed by atoms with Crippen molar-refractivity contribution in [1.29, 1.82) is 0 Å². The number of hydrogen-bond acceptors (Lipinski definition) is 1. The normalized spacial score (nSPS) is 12.1. The van der Waals surface area contributed by atoms with E-state index in [0.717, 1.165) is 0 Å². The van der Waals surface area contributed by atoms with Gasteiger partial charge < -0.3 is 0 Å². The van der Waals surface area contributed by atoms with E-state index >= 15 is 0 Å². The van der Waals surface area contributed by atoms with Crippen LogP contribution in [-0.2, 0) is 0 Å². The largest absolute Gasteiger partial charge is 0.158 e. The minimum atomic E-state index is 1.22. The molecule has 0 aromatic carbocycles. The van der Waals surface area contributed by atoms with Gasteiger partial charge >= 0.3 is 0 Å². The Bertz CT molecular complexity index is 105. The van der Waals surface area contributed by atoms with Gasteiger partial charge in [-0.1, -0.05) is 38.3 Å². The minimum Gasteiger partial charge on any atom is -0.158 e. The monoisotopic (exact) mass is 172 g/mol. The second kappa shape index (κ2) is 8.19. The number of rotatable bonds is 6. The van der Waals surface area contributed by atoms with Gasteiger partial charge in [0.2, 0.25) is 0 Å². The third-order valence-corrected chi connectivity index (χ3v) is 2.65. The van der Waals surface area contributed by atoms with E-state index in [1.807, 2.05) is 11.8 Å². The van der Waals surface area contributed by atoms with Crippen molar-refractivity contribution in [3.63, 3.8) is 0 Å². The summed E-state index contributed by atoms with van der Waals surface area (Å²) in [4.78, 5) is 0. The summed E-state index contributed by atoms with van der Waals surface area (Å²) >= 11 is 2.01. The Hall–Kier alpha value is 0.0900. The molecule has 0 bridgehead atoms. The highest BCUT2D eigenvalue weighted by atomic mass is 32.2. The zero-order valence-corrected chi connectivity index (χ0v) is 8.84. The fraction of sp³-hybridized carbons (Fsp3) is 0.800. The van der Waals surface area contributed by atoms with Gasteiger partial charge in [-0.25, -0.2) is 0 Å². The minimum absolute atomic E-state index is 1.22. The molecule has 0 aliphatic heterocycles. The molecule has 0 aromatic heterocycles. The molecule has 0 atom stereocenters. The van der Waals surface area contributed by atoms with Crippen molar-refractivity contribution in [2.45, 2.75) is 40.0 Å². The van der Waals surface area contributed by atoms with Crippen molar-refractivity contribution >= 4 is 11.8 Å². The van der Waals surface area contributed by atoms with Crippen molar-refractivity contribution in [2.75, 3.05) is 11.5 Å². The van der Waals surface area contributed by atoms with Gasteiger partial charge in [0.1, 0.15) is 0 Å². The first kappa shape index (κ1) is 11.1. The van der Waals surface area contributed by atoms with E-state index < -0.39 is 0 Å². The molecule has 0 spiro atoms. The first-order valence-corrected chi connectivity index (χ1v) is 5.70. The van der Waals surface area contributed by atoms with Crippen LogP contribution in [-0.4, -0.2) is 11.5 Å². The van der Waals surface area contributed by atoms with Crippen LogP contribution in [0.15, 0.2) is 11.6 Å². The lowest BCUT2D eigenvalue weighted by atomic mass is 10.2. The Balaban J connectivity index is 3.30. The van der Waals surface area contributed by atoms with Gasteiger partial charge in [0.05, 0.1) is 0 Å². The van der Waals surface area contributed by atoms with Crippen molar-refractivity contribution in [3.05, 3.63) is 11.6 Å². The predicted octanol–water partition coefficient (Wildman–Crippen LogP) is 3.88. The van der Waals surface area contributed by atoms with Gasteiger partial charge in [0.25, 0.3) is 0 Å². The first-order chi connectivity index (χ1) is 5.31. The van der Waals surface area contributed by atoms with Gasteiger partial charge in [-0.15, -0.1) is 0 Å². The van der Waals surface area contributed by atoms with E-state index in [1.54, 1.807) is 5.57 Å². The van der Waals surface area contributed by atoms with Crippen molar-refractivity contribution in [3.8, 4) is 0 Å². The summed E-state index contributed by atoms with van der Waals surface area (Å²) in [5, 5.41) is 0. The highest BCUT2D eigenvalue weighted by Gasteiger charge is 1.88. The van der Waals surface area contributed by atoms with E-state index in [4.69, 9.17) is 0 Å². The van der Waals surface area contributed by atoms with Crippen LogP contribution in [0.3, 0.4) is 0 Å². The average molecular weight is 172 g/mol. The van der Waals surface area contributed by atoms with E-state index in [2.05, 4.69) is 26.8 Å². The summed E-state index contributed by atoms with van der Waals surface area (Å²) in [6, 6.07) is 0. The fourth-order valence-electron chi connectivity index (χ4n) is 0.875. The highest BCUT2D eigenvalue weighted by molar-refractivity contribution is 7.99. The summed E-state index contributed by atoms with van der Waals surface area (Å²) in [5.41, 5.74) is 1.55. The molecule has 0 heterocycles. The predicted molar refractivity (Wildman–Crippen MR) is 56.3 cm³/mol. The molecule has 0 aromatic rings. The summed E-state index contributed by atoms with van der Waals surface area (Å²) in [5.74, 6) is 2.46. The first-order valence-electron chi connectivity index (χ1n) is 4.54. The summed E-state index contributed by atoms with van der Waals surface area (Å²) in [6.45, 7) is 6.69. The van der Waals surface area contributed by atoms with Crippen LogP contribution < -0.4 is 0 Å². The second-order valence-corrected chi connectivity index (χ2v) is 4.10. The molecule has 0 radical (unpaired) electrons. The Morgan fingerprint density at radius 2 is 2.09 bits per heavy atom. The maximum absolute atomic E-state index is 2.38. The maximum atomic E-state index is 2.38. The topological polar surface area (TPSA) is 0 Å². The molecule has 0 rings (SSSR count).